The lowest BCUT2D eigenvalue weighted by Gasteiger charge is -2.57. The third-order valence-corrected chi connectivity index (χ3v) is 5.86. The number of hydrogen-bond donors (Lipinski definition) is 3. The van der Waals surface area contributed by atoms with E-state index in [4.69, 9.17) is 17.2 Å². The van der Waals surface area contributed by atoms with Crippen molar-refractivity contribution < 1.29 is 0 Å². The van der Waals surface area contributed by atoms with Crippen LogP contribution in [0.2, 0.25) is 0 Å². The molecule has 1 heterocycles. The summed E-state index contributed by atoms with van der Waals surface area (Å²) >= 11 is 0. The van der Waals surface area contributed by atoms with Gasteiger partial charge in [0.25, 0.3) is 0 Å². The Hall–Kier alpha value is -2.90. The Kier molecular flexibility index (Phi) is 6.25. The third kappa shape index (κ3) is 4.29. The van der Waals surface area contributed by atoms with Crippen LogP contribution in [0.4, 0.5) is 11.4 Å². The van der Waals surface area contributed by atoms with Gasteiger partial charge in [-0.1, -0.05) is 60.7 Å². The van der Waals surface area contributed by atoms with E-state index in [0.29, 0.717) is 0 Å². The van der Waals surface area contributed by atoms with E-state index >= 15 is 0 Å². The molecule has 1 aliphatic heterocycles. The molecule has 6 N–H and O–H groups in total. The zero-order valence-electron chi connectivity index (χ0n) is 18.2. The molecular weight excluding hydrogens is 384 g/mol. The first-order valence-electron chi connectivity index (χ1n) is 10.8. The molecule has 0 aromatic heterocycles. The number of benzene rings is 3. The maximum Gasteiger partial charge on any atom is 0.159 e. The van der Waals surface area contributed by atoms with Gasteiger partial charge in [-0.25, -0.2) is 4.90 Å². The number of nitrogens with two attached hydrogens (primary N) is 3. The highest BCUT2D eigenvalue weighted by Gasteiger charge is 2.43. The van der Waals surface area contributed by atoms with Gasteiger partial charge in [0.2, 0.25) is 0 Å². The summed E-state index contributed by atoms with van der Waals surface area (Å²) in [5.41, 5.74) is 24.6. The number of para-hydroxylation sites is 1. The summed E-state index contributed by atoms with van der Waals surface area (Å²) in [6, 6.07) is 29.0. The van der Waals surface area contributed by atoms with Crippen LogP contribution in [-0.2, 0) is 6.42 Å². The van der Waals surface area contributed by atoms with Crippen LogP contribution in [0.1, 0.15) is 25.0 Å². The van der Waals surface area contributed by atoms with E-state index < -0.39 is 18.9 Å². The van der Waals surface area contributed by atoms with E-state index in [1.54, 1.807) is 0 Å². The Morgan fingerprint density at radius 2 is 1.16 bits per heavy atom. The molecule has 0 radical (unpaired) electrons. The fourth-order valence-electron chi connectivity index (χ4n) is 4.37. The minimum Gasteiger partial charge on any atom is -0.310 e. The van der Waals surface area contributed by atoms with E-state index in [1.165, 1.54) is 11.1 Å². The molecule has 1 fully saturated rings. The fraction of sp³-hybridized carbons (Fsp3) is 0.280. The summed E-state index contributed by atoms with van der Waals surface area (Å²) in [6.07, 6.45) is -0.537. The number of anilines is 2. The second-order valence-corrected chi connectivity index (χ2v) is 8.26. The molecule has 0 bridgehead atoms. The molecule has 3 atom stereocenters. The second-order valence-electron chi connectivity index (χ2n) is 8.26. The number of hydrogen-bond acceptors (Lipinski definition) is 6. The van der Waals surface area contributed by atoms with E-state index in [-0.39, 0.29) is 6.04 Å². The third-order valence-electron chi connectivity index (χ3n) is 5.86. The van der Waals surface area contributed by atoms with Crippen LogP contribution >= 0.6 is 0 Å². The maximum atomic E-state index is 6.80. The Labute approximate surface area is 184 Å². The van der Waals surface area contributed by atoms with Crippen molar-refractivity contribution in [3.8, 4) is 0 Å². The van der Waals surface area contributed by atoms with Gasteiger partial charge in [0.15, 0.2) is 6.29 Å². The van der Waals surface area contributed by atoms with Gasteiger partial charge < -0.3 is 9.80 Å². The largest absolute Gasteiger partial charge is 0.310 e. The normalized spacial score (nSPS) is 22.2. The summed E-state index contributed by atoms with van der Waals surface area (Å²) in [6.45, 7) is 4.20. The first-order chi connectivity index (χ1) is 15.0. The quantitative estimate of drug-likeness (QED) is 0.593. The van der Waals surface area contributed by atoms with Gasteiger partial charge in [-0.2, -0.15) is 0 Å². The molecule has 0 spiro atoms. The number of nitrogens with zero attached hydrogens (tertiary/aromatic N) is 3. The van der Waals surface area contributed by atoms with Crippen LogP contribution in [0, 0.1) is 0 Å². The van der Waals surface area contributed by atoms with Gasteiger partial charge in [0, 0.05) is 17.4 Å². The SMILES string of the molecule is CC(C)N1C(N)N(c2ccccc2)C(N)N(c2cccc(Cc3ccccc3)c2)C1N. The lowest BCUT2D eigenvalue weighted by molar-refractivity contribution is 0.0529. The molecular formula is C25H32N6. The zero-order valence-corrected chi connectivity index (χ0v) is 18.2. The minimum atomic E-state index is -0.505. The van der Waals surface area contributed by atoms with Crippen molar-refractivity contribution in [1.29, 1.82) is 0 Å². The summed E-state index contributed by atoms with van der Waals surface area (Å²) in [7, 11) is 0. The summed E-state index contributed by atoms with van der Waals surface area (Å²) in [5.74, 6) is 0. The molecule has 0 aliphatic carbocycles. The highest BCUT2D eigenvalue weighted by atomic mass is 15.7. The van der Waals surface area contributed by atoms with Crippen LogP contribution in [-0.4, -0.2) is 29.8 Å². The van der Waals surface area contributed by atoms with Gasteiger partial charge in [0.1, 0.15) is 12.6 Å². The van der Waals surface area contributed by atoms with Crippen molar-refractivity contribution >= 4 is 11.4 Å². The standard InChI is InChI=1S/C25H32N6/c1-18(2)29-23(26)30(21-13-7-4-8-14-21)25(28)31(24(29)27)22-15-9-12-20(17-22)16-19-10-5-3-6-11-19/h3-15,17-18,23-25H,16,26-28H2,1-2H3. The van der Waals surface area contributed by atoms with Gasteiger partial charge >= 0.3 is 0 Å². The molecule has 162 valence electrons. The van der Waals surface area contributed by atoms with E-state index in [2.05, 4.69) is 67.3 Å². The van der Waals surface area contributed by atoms with Crippen molar-refractivity contribution in [1.82, 2.24) is 4.90 Å². The molecule has 1 aliphatic rings. The highest BCUT2D eigenvalue weighted by molar-refractivity contribution is 5.57. The van der Waals surface area contributed by atoms with Crippen LogP contribution in [0.5, 0.6) is 0 Å². The summed E-state index contributed by atoms with van der Waals surface area (Å²) in [4.78, 5) is 6.15. The van der Waals surface area contributed by atoms with Crippen molar-refractivity contribution in [2.45, 2.75) is 45.2 Å². The molecule has 0 saturated carbocycles. The molecule has 4 rings (SSSR count). The molecule has 6 heteroatoms. The van der Waals surface area contributed by atoms with E-state index in [9.17, 15) is 0 Å². The predicted octanol–water partition coefficient (Wildman–Crippen LogP) is 3.04. The molecule has 1 saturated heterocycles. The zero-order chi connectivity index (χ0) is 22.0. The maximum absolute atomic E-state index is 6.80. The smallest absolute Gasteiger partial charge is 0.159 e. The first kappa shape index (κ1) is 21.3. The predicted molar refractivity (Wildman–Crippen MR) is 128 cm³/mol. The topological polar surface area (TPSA) is 87.8 Å². The minimum absolute atomic E-state index is 0.138. The van der Waals surface area contributed by atoms with Crippen LogP contribution in [0.25, 0.3) is 0 Å². The van der Waals surface area contributed by atoms with Crippen molar-refractivity contribution in [2.24, 2.45) is 17.2 Å². The van der Waals surface area contributed by atoms with Crippen molar-refractivity contribution in [3.05, 3.63) is 96.1 Å². The van der Waals surface area contributed by atoms with Gasteiger partial charge in [-0.15, -0.1) is 0 Å². The lowest BCUT2D eigenvalue weighted by Crippen LogP contribution is -2.79. The lowest BCUT2D eigenvalue weighted by atomic mass is 10.0. The monoisotopic (exact) mass is 416 g/mol. The van der Waals surface area contributed by atoms with Gasteiger partial charge in [-0.05, 0) is 55.7 Å². The second kappa shape index (κ2) is 9.08. The molecule has 0 amide bonds. The number of rotatable bonds is 5. The van der Waals surface area contributed by atoms with E-state index in [0.717, 1.165) is 17.8 Å². The molecule has 3 unspecified atom stereocenters. The van der Waals surface area contributed by atoms with Crippen LogP contribution < -0.4 is 27.0 Å². The summed E-state index contributed by atoms with van der Waals surface area (Å²) in [5, 5.41) is 0. The van der Waals surface area contributed by atoms with Crippen LogP contribution in [0.3, 0.4) is 0 Å². The molecule has 3 aromatic rings. The molecule has 6 nitrogen and oxygen atoms in total. The Balaban J connectivity index is 1.71. The molecule has 3 aromatic carbocycles. The van der Waals surface area contributed by atoms with Gasteiger partial charge in [0.05, 0.1) is 0 Å². The molecule has 31 heavy (non-hydrogen) atoms. The Morgan fingerprint density at radius 3 is 1.77 bits per heavy atom. The average molecular weight is 417 g/mol. The van der Waals surface area contributed by atoms with Crippen molar-refractivity contribution in [2.75, 3.05) is 9.80 Å². The Morgan fingerprint density at radius 1 is 0.645 bits per heavy atom. The highest BCUT2D eigenvalue weighted by Crippen LogP contribution is 2.31. The Bertz CT molecular complexity index is 978. The first-order valence-corrected chi connectivity index (χ1v) is 10.8. The van der Waals surface area contributed by atoms with Crippen molar-refractivity contribution in [3.63, 3.8) is 0 Å². The average Bonchev–Trinajstić information content (AvgIpc) is 2.75. The van der Waals surface area contributed by atoms with Gasteiger partial charge in [-0.3, -0.25) is 17.2 Å². The van der Waals surface area contributed by atoms with E-state index in [1.807, 2.05) is 46.2 Å². The summed E-state index contributed by atoms with van der Waals surface area (Å²) < 4.78 is 0. The fourth-order valence-corrected chi connectivity index (χ4v) is 4.37. The van der Waals surface area contributed by atoms with Crippen LogP contribution in [0.15, 0.2) is 84.9 Å².